The zero-order valence-electron chi connectivity index (χ0n) is 27.7. The lowest BCUT2D eigenvalue weighted by molar-refractivity contribution is -0.139. The quantitative estimate of drug-likeness (QED) is 0.0600. The Morgan fingerprint density at radius 3 is 2.14 bits per heavy atom. The molecule has 0 saturated heterocycles. The summed E-state index contributed by atoms with van der Waals surface area (Å²) in [5.74, 6) is -4.30. The molecule has 0 spiro atoms. The Bertz CT molecular complexity index is 1800. The van der Waals surface area contributed by atoms with E-state index in [4.69, 9.17) is 14.2 Å². The molecule has 1 atom stereocenters. The maximum absolute atomic E-state index is 13.9. The molecule has 0 aliphatic heterocycles. The molecule has 1 unspecified atom stereocenters. The second-order valence-corrected chi connectivity index (χ2v) is 11.4. The van der Waals surface area contributed by atoms with Gasteiger partial charge in [0.15, 0.2) is 11.5 Å². The number of methoxy groups -OCH3 is 1. The average molecular weight is 689 g/mol. The van der Waals surface area contributed by atoms with Crippen LogP contribution >= 0.6 is 0 Å². The van der Waals surface area contributed by atoms with Crippen LogP contribution in [0.25, 0.3) is 0 Å². The number of rotatable bonds is 17. The SMILES string of the molecule is CCCCCCCOc1ccc(C(=O)Oc2ccc(CC(NC(=O)c3ccc(NC(=O)c4ccc(F)cc4F)cc3)C(=O)O)cc2OC)cc1. The molecule has 50 heavy (non-hydrogen) atoms. The van der Waals surface area contributed by atoms with Crippen LogP contribution in [0.5, 0.6) is 17.2 Å². The molecular weight excluding hydrogens is 650 g/mol. The molecule has 10 nitrogen and oxygen atoms in total. The average Bonchev–Trinajstić information content (AvgIpc) is 3.10. The lowest BCUT2D eigenvalue weighted by Gasteiger charge is -2.16. The number of amides is 2. The fourth-order valence-electron chi connectivity index (χ4n) is 4.92. The van der Waals surface area contributed by atoms with Crippen molar-refractivity contribution in [3.05, 3.63) is 119 Å². The van der Waals surface area contributed by atoms with Gasteiger partial charge in [-0.15, -0.1) is 0 Å². The minimum atomic E-state index is -1.33. The monoisotopic (exact) mass is 688 g/mol. The van der Waals surface area contributed by atoms with Crippen molar-refractivity contribution in [2.75, 3.05) is 19.0 Å². The van der Waals surface area contributed by atoms with Crippen LogP contribution in [0.15, 0.2) is 84.9 Å². The lowest BCUT2D eigenvalue weighted by atomic mass is 10.0. The van der Waals surface area contributed by atoms with E-state index < -0.39 is 41.4 Å². The van der Waals surface area contributed by atoms with Gasteiger partial charge < -0.3 is 30.0 Å². The summed E-state index contributed by atoms with van der Waals surface area (Å²) in [6.45, 7) is 2.77. The number of carboxylic acid groups (broad SMARTS) is 1. The first kappa shape index (κ1) is 37.0. The van der Waals surface area contributed by atoms with Crippen molar-refractivity contribution in [3.8, 4) is 17.2 Å². The Labute approximate surface area is 288 Å². The van der Waals surface area contributed by atoms with Crippen LogP contribution in [0.3, 0.4) is 0 Å². The molecule has 0 aliphatic rings. The number of carboxylic acids is 1. The number of esters is 1. The molecule has 0 aliphatic carbocycles. The number of halogens is 2. The summed E-state index contributed by atoms with van der Waals surface area (Å²) in [7, 11) is 1.38. The van der Waals surface area contributed by atoms with E-state index in [0.717, 1.165) is 25.0 Å². The van der Waals surface area contributed by atoms with E-state index in [1.807, 2.05) is 0 Å². The van der Waals surface area contributed by atoms with Gasteiger partial charge in [-0.1, -0.05) is 38.7 Å². The van der Waals surface area contributed by atoms with E-state index in [2.05, 4.69) is 17.6 Å². The van der Waals surface area contributed by atoms with Gasteiger partial charge in [0.1, 0.15) is 23.4 Å². The van der Waals surface area contributed by atoms with E-state index in [1.165, 1.54) is 62.8 Å². The van der Waals surface area contributed by atoms with E-state index in [-0.39, 0.29) is 34.7 Å². The van der Waals surface area contributed by atoms with Crippen molar-refractivity contribution < 1.29 is 47.3 Å². The van der Waals surface area contributed by atoms with Crippen LogP contribution in [0.1, 0.15) is 75.7 Å². The minimum absolute atomic E-state index is 0.101. The highest BCUT2D eigenvalue weighted by molar-refractivity contribution is 6.05. The Hall–Kier alpha value is -5.78. The smallest absolute Gasteiger partial charge is 0.343 e. The topological polar surface area (TPSA) is 140 Å². The molecule has 4 aromatic carbocycles. The van der Waals surface area contributed by atoms with Gasteiger partial charge in [0.2, 0.25) is 0 Å². The van der Waals surface area contributed by atoms with Gasteiger partial charge in [-0.05, 0) is 84.8 Å². The third-order valence-electron chi connectivity index (χ3n) is 7.66. The number of ether oxygens (including phenoxy) is 3. The normalized spacial score (nSPS) is 11.3. The molecule has 0 fully saturated rings. The molecule has 0 aromatic heterocycles. The summed E-state index contributed by atoms with van der Waals surface area (Å²) >= 11 is 0. The van der Waals surface area contributed by atoms with Gasteiger partial charge in [0.05, 0.1) is 24.8 Å². The van der Waals surface area contributed by atoms with Crippen LogP contribution in [0.4, 0.5) is 14.5 Å². The number of carbonyl (C=O) groups is 4. The Morgan fingerprint density at radius 1 is 0.780 bits per heavy atom. The predicted molar refractivity (Wildman–Crippen MR) is 182 cm³/mol. The van der Waals surface area contributed by atoms with Gasteiger partial charge in [0.25, 0.3) is 11.8 Å². The minimum Gasteiger partial charge on any atom is -0.494 e. The Balaban J connectivity index is 1.33. The van der Waals surface area contributed by atoms with Gasteiger partial charge in [-0.3, -0.25) is 9.59 Å². The molecule has 0 saturated carbocycles. The van der Waals surface area contributed by atoms with E-state index in [1.54, 1.807) is 30.3 Å². The number of benzene rings is 4. The van der Waals surface area contributed by atoms with Gasteiger partial charge in [-0.25, -0.2) is 18.4 Å². The number of anilines is 1. The lowest BCUT2D eigenvalue weighted by Crippen LogP contribution is -2.42. The van der Waals surface area contributed by atoms with Crippen molar-refractivity contribution in [1.82, 2.24) is 5.32 Å². The fourth-order valence-corrected chi connectivity index (χ4v) is 4.92. The molecule has 0 radical (unpaired) electrons. The number of hydrogen-bond acceptors (Lipinski definition) is 7. The van der Waals surface area contributed by atoms with Crippen molar-refractivity contribution in [1.29, 1.82) is 0 Å². The highest BCUT2D eigenvalue weighted by Gasteiger charge is 2.23. The summed E-state index contributed by atoms with van der Waals surface area (Å²) in [6.07, 6.45) is 5.52. The third-order valence-corrected chi connectivity index (χ3v) is 7.66. The van der Waals surface area contributed by atoms with Gasteiger partial charge in [-0.2, -0.15) is 0 Å². The number of hydrogen-bond donors (Lipinski definition) is 3. The van der Waals surface area contributed by atoms with Crippen molar-refractivity contribution in [3.63, 3.8) is 0 Å². The molecule has 4 rings (SSSR count). The highest BCUT2D eigenvalue weighted by Crippen LogP contribution is 2.30. The van der Waals surface area contributed by atoms with Crippen LogP contribution in [-0.4, -0.2) is 48.6 Å². The zero-order valence-corrected chi connectivity index (χ0v) is 27.7. The maximum Gasteiger partial charge on any atom is 0.343 e. The summed E-state index contributed by atoms with van der Waals surface area (Å²) in [5.41, 5.74) is 0.755. The summed E-state index contributed by atoms with van der Waals surface area (Å²) in [4.78, 5) is 50.2. The molecule has 2 amide bonds. The Kier molecular flexibility index (Phi) is 13.4. The number of aliphatic carboxylic acids is 1. The number of unbranched alkanes of at least 4 members (excludes halogenated alkanes) is 4. The Morgan fingerprint density at radius 2 is 1.48 bits per heavy atom. The highest BCUT2D eigenvalue weighted by atomic mass is 19.1. The predicted octanol–water partition coefficient (Wildman–Crippen LogP) is 7.22. The second kappa shape index (κ2) is 18.1. The molecule has 0 heterocycles. The summed E-state index contributed by atoms with van der Waals surface area (Å²) in [5, 5.41) is 14.8. The molecule has 4 aromatic rings. The van der Waals surface area contributed by atoms with Crippen molar-refractivity contribution in [2.24, 2.45) is 0 Å². The van der Waals surface area contributed by atoms with Crippen molar-refractivity contribution >= 4 is 29.4 Å². The zero-order chi connectivity index (χ0) is 36.0. The molecule has 12 heteroatoms. The summed E-state index contributed by atoms with van der Waals surface area (Å²) in [6, 6.07) is 17.9. The maximum atomic E-state index is 13.9. The van der Waals surface area contributed by atoms with E-state index >= 15 is 0 Å². The standard InChI is InChI=1S/C38H38F2N2O8/c1-3-4-5-6-7-20-49-29-16-11-26(12-17-29)38(47)50-33-19-8-24(22-34(33)48-2)21-32(37(45)46)42-35(43)25-9-14-28(15-10-25)41-36(44)30-18-13-27(39)23-31(30)40/h8-19,22-23,32H,3-7,20-21H2,1-2H3,(H,41,44)(H,42,43)(H,45,46). The van der Waals surface area contributed by atoms with Crippen molar-refractivity contribution in [2.45, 2.75) is 51.5 Å². The molecule has 0 bridgehead atoms. The van der Waals surface area contributed by atoms with Crippen LogP contribution in [0.2, 0.25) is 0 Å². The first-order valence-electron chi connectivity index (χ1n) is 16.1. The first-order chi connectivity index (χ1) is 24.1. The molecule has 262 valence electrons. The van der Waals surface area contributed by atoms with Crippen LogP contribution in [0, 0.1) is 11.6 Å². The molecular formula is C38H38F2N2O8. The van der Waals surface area contributed by atoms with Gasteiger partial charge >= 0.3 is 11.9 Å². The molecule has 3 N–H and O–H groups in total. The summed E-state index contributed by atoms with van der Waals surface area (Å²) < 4.78 is 43.8. The van der Waals surface area contributed by atoms with E-state index in [9.17, 15) is 33.1 Å². The number of carbonyl (C=O) groups excluding carboxylic acids is 3. The van der Waals surface area contributed by atoms with Crippen LogP contribution in [-0.2, 0) is 11.2 Å². The largest absolute Gasteiger partial charge is 0.494 e. The number of nitrogens with one attached hydrogen (secondary N) is 2. The van der Waals surface area contributed by atoms with Crippen LogP contribution < -0.4 is 24.8 Å². The van der Waals surface area contributed by atoms with Gasteiger partial charge in [0, 0.05) is 23.7 Å². The van der Waals surface area contributed by atoms with E-state index in [0.29, 0.717) is 29.5 Å². The first-order valence-corrected chi connectivity index (χ1v) is 16.1. The fraction of sp³-hybridized carbons (Fsp3) is 0.263. The third kappa shape index (κ3) is 10.6. The second-order valence-electron chi connectivity index (χ2n) is 11.4.